The van der Waals surface area contributed by atoms with Crippen LogP contribution >= 0.6 is 0 Å². The van der Waals surface area contributed by atoms with Crippen molar-refractivity contribution in [3.8, 4) is 5.82 Å². The largest absolute Gasteiger partial charge is 0.459 e. The van der Waals surface area contributed by atoms with Crippen LogP contribution in [0.4, 0.5) is 11.6 Å². The van der Waals surface area contributed by atoms with Gasteiger partial charge in [0, 0.05) is 61.8 Å². The summed E-state index contributed by atoms with van der Waals surface area (Å²) >= 11 is 0. The van der Waals surface area contributed by atoms with E-state index in [1.807, 2.05) is 76.1 Å². The molecule has 4 aromatic rings. The summed E-state index contributed by atoms with van der Waals surface area (Å²) in [5.74, 6) is 1.02. The Labute approximate surface area is 203 Å². The number of likely N-dealkylation sites (tertiary alicyclic amines) is 1. The zero-order valence-electron chi connectivity index (χ0n) is 20.7. The molecule has 1 aliphatic heterocycles. The molecule has 5 rings (SSSR count). The van der Waals surface area contributed by atoms with Crippen molar-refractivity contribution in [2.45, 2.75) is 40.3 Å². The number of nitrogens with zero attached hydrogens (tertiary/aromatic N) is 7. The summed E-state index contributed by atoms with van der Waals surface area (Å²) in [6.07, 6.45) is 5.50. The van der Waals surface area contributed by atoms with Crippen molar-refractivity contribution in [3.63, 3.8) is 0 Å². The minimum atomic E-state index is -0.477. The molecule has 3 aromatic heterocycles. The van der Waals surface area contributed by atoms with Crippen LogP contribution in [0.15, 0.2) is 42.9 Å². The molecule has 0 spiro atoms. The van der Waals surface area contributed by atoms with E-state index in [-0.39, 0.29) is 12.1 Å². The third-order valence-corrected chi connectivity index (χ3v) is 6.08. The predicted molar refractivity (Wildman–Crippen MR) is 132 cm³/mol. The minimum Gasteiger partial charge on any atom is -0.459 e. The molecule has 0 saturated carbocycles. The van der Waals surface area contributed by atoms with Crippen molar-refractivity contribution in [2.75, 3.05) is 18.4 Å². The third-order valence-electron chi connectivity index (χ3n) is 6.08. The molecule has 182 valence electrons. The number of fused-ring (bicyclic) bond motifs is 1. The van der Waals surface area contributed by atoms with Gasteiger partial charge in [0.05, 0.1) is 22.8 Å². The van der Waals surface area contributed by atoms with Crippen molar-refractivity contribution in [1.29, 1.82) is 0 Å². The van der Waals surface area contributed by atoms with Gasteiger partial charge in [-0.1, -0.05) is 0 Å². The first-order chi connectivity index (χ1) is 16.7. The molecule has 1 aromatic carbocycles. The lowest BCUT2D eigenvalue weighted by Crippen LogP contribution is -2.53. The van der Waals surface area contributed by atoms with Crippen LogP contribution in [0.1, 0.15) is 32.0 Å². The number of esters is 1. The van der Waals surface area contributed by atoms with E-state index in [1.54, 1.807) is 10.9 Å². The molecule has 35 heavy (non-hydrogen) atoms. The molecule has 1 fully saturated rings. The van der Waals surface area contributed by atoms with Gasteiger partial charge in [0.25, 0.3) is 0 Å². The maximum Gasteiger partial charge on any atom is 0.311 e. The Morgan fingerprint density at radius 3 is 2.80 bits per heavy atom. The number of aryl methyl sites for hydroxylation is 2. The Morgan fingerprint density at radius 1 is 1.23 bits per heavy atom. The number of ether oxygens (including phenoxy) is 1. The Hall–Kier alpha value is -3.79. The van der Waals surface area contributed by atoms with Crippen LogP contribution in [0.3, 0.4) is 0 Å². The van der Waals surface area contributed by atoms with E-state index in [0.29, 0.717) is 11.8 Å². The van der Waals surface area contributed by atoms with Crippen molar-refractivity contribution >= 4 is 28.5 Å². The van der Waals surface area contributed by atoms with Crippen LogP contribution in [0.5, 0.6) is 0 Å². The van der Waals surface area contributed by atoms with Crippen LogP contribution in [0, 0.1) is 12.3 Å². The number of nitrogens with one attached hydrogen (secondary N) is 1. The first-order valence-corrected chi connectivity index (χ1v) is 11.7. The molecule has 0 amide bonds. The number of carbonyl (C=O) groups excluding carboxylic acids is 1. The number of hydrogen-bond donors (Lipinski definition) is 1. The van der Waals surface area contributed by atoms with Gasteiger partial charge in [-0.15, -0.1) is 0 Å². The number of rotatable bonds is 6. The summed E-state index contributed by atoms with van der Waals surface area (Å²) in [5.41, 5.74) is 3.52. The van der Waals surface area contributed by atoms with Crippen molar-refractivity contribution < 1.29 is 9.53 Å². The van der Waals surface area contributed by atoms with E-state index in [1.165, 1.54) is 0 Å². The fourth-order valence-electron chi connectivity index (χ4n) is 3.97. The highest BCUT2D eigenvalue weighted by molar-refractivity contribution is 5.83. The molecule has 1 aliphatic rings. The van der Waals surface area contributed by atoms with E-state index in [0.717, 1.165) is 47.5 Å². The average molecular weight is 475 g/mol. The SMILES string of the molecule is Cc1nn(-c2ccnc(Nc3ccc4c(cnn4C)c3)n2)cc1CN1CC(OC(=O)C(C)(C)C)C1. The predicted octanol–water partition coefficient (Wildman–Crippen LogP) is 3.37. The molecule has 1 N–H and O–H groups in total. The lowest BCUT2D eigenvalue weighted by Gasteiger charge is -2.39. The van der Waals surface area contributed by atoms with Gasteiger partial charge in [0.2, 0.25) is 5.95 Å². The number of carbonyl (C=O) groups is 1. The highest BCUT2D eigenvalue weighted by Gasteiger charge is 2.34. The summed E-state index contributed by atoms with van der Waals surface area (Å²) in [6, 6.07) is 7.85. The number of aromatic nitrogens is 6. The highest BCUT2D eigenvalue weighted by atomic mass is 16.5. The first kappa shape index (κ1) is 23.0. The van der Waals surface area contributed by atoms with E-state index in [2.05, 4.69) is 30.4 Å². The topological polar surface area (TPSA) is 103 Å². The number of anilines is 2. The van der Waals surface area contributed by atoms with E-state index >= 15 is 0 Å². The van der Waals surface area contributed by atoms with Crippen LogP contribution in [-0.4, -0.2) is 59.6 Å². The molecule has 1 saturated heterocycles. The van der Waals surface area contributed by atoms with Gasteiger partial charge in [-0.3, -0.25) is 14.4 Å². The van der Waals surface area contributed by atoms with Gasteiger partial charge in [-0.25, -0.2) is 9.67 Å². The maximum atomic E-state index is 12.1. The zero-order valence-corrected chi connectivity index (χ0v) is 20.7. The van der Waals surface area contributed by atoms with E-state index in [9.17, 15) is 4.79 Å². The molecule has 0 radical (unpaired) electrons. The molecular formula is C25H30N8O2. The smallest absolute Gasteiger partial charge is 0.311 e. The van der Waals surface area contributed by atoms with Gasteiger partial charge < -0.3 is 10.1 Å². The lowest BCUT2D eigenvalue weighted by molar-refractivity contribution is -0.167. The van der Waals surface area contributed by atoms with E-state index < -0.39 is 5.41 Å². The van der Waals surface area contributed by atoms with Crippen LogP contribution < -0.4 is 5.32 Å². The average Bonchev–Trinajstić information content (AvgIpc) is 3.34. The third kappa shape index (κ3) is 4.88. The van der Waals surface area contributed by atoms with Gasteiger partial charge in [0.15, 0.2) is 5.82 Å². The van der Waals surface area contributed by atoms with Crippen molar-refractivity contribution in [2.24, 2.45) is 12.5 Å². The maximum absolute atomic E-state index is 12.1. The molecule has 4 heterocycles. The quantitative estimate of drug-likeness (QED) is 0.424. The lowest BCUT2D eigenvalue weighted by atomic mass is 9.97. The number of hydrogen-bond acceptors (Lipinski definition) is 8. The molecule has 0 unspecified atom stereocenters. The Balaban J connectivity index is 1.23. The van der Waals surface area contributed by atoms with Crippen molar-refractivity contribution in [1.82, 2.24) is 34.4 Å². The normalized spacial score (nSPS) is 14.8. The van der Waals surface area contributed by atoms with Gasteiger partial charge >= 0.3 is 5.97 Å². The first-order valence-electron chi connectivity index (χ1n) is 11.7. The van der Waals surface area contributed by atoms with Crippen LogP contribution in [0.25, 0.3) is 16.7 Å². The molecule has 0 atom stereocenters. The fraction of sp³-hybridized carbons (Fsp3) is 0.400. The molecule has 0 bridgehead atoms. The van der Waals surface area contributed by atoms with Crippen molar-refractivity contribution in [3.05, 3.63) is 54.1 Å². The molecule has 0 aliphatic carbocycles. The zero-order chi connectivity index (χ0) is 24.7. The molecule has 10 nitrogen and oxygen atoms in total. The second-order valence-electron chi connectivity index (χ2n) is 10.1. The monoisotopic (exact) mass is 474 g/mol. The Morgan fingerprint density at radius 2 is 2.03 bits per heavy atom. The van der Waals surface area contributed by atoms with E-state index in [4.69, 9.17) is 4.74 Å². The number of benzene rings is 1. The van der Waals surface area contributed by atoms with Crippen LogP contribution in [0.2, 0.25) is 0 Å². The molecule has 10 heteroatoms. The second kappa shape index (κ2) is 8.77. The van der Waals surface area contributed by atoms with Crippen LogP contribution in [-0.2, 0) is 23.1 Å². The van der Waals surface area contributed by atoms with Gasteiger partial charge in [-0.05, 0) is 45.9 Å². The molecular weight excluding hydrogens is 444 g/mol. The second-order valence-corrected chi connectivity index (χ2v) is 10.1. The Kier molecular flexibility index (Phi) is 5.76. The summed E-state index contributed by atoms with van der Waals surface area (Å²) in [4.78, 5) is 23.3. The Bertz CT molecular complexity index is 1380. The summed E-state index contributed by atoms with van der Waals surface area (Å²) in [6.45, 7) is 9.82. The summed E-state index contributed by atoms with van der Waals surface area (Å²) in [5, 5.41) is 13.3. The minimum absolute atomic E-state index is 0.0431. The highest BCUT2D eigenvalue weighted by Crippen LogP contribution is 2.23. The fourth-order valence-corrected chi connectivity index (χ4v) is 3.97. The van der Waals surface area contributed by atoms with Gasteiger partial charge in [-0.2, -0.15) is 15.2 Å². The summed E-state index contributed by atoms with van der Waals surface area (Å²) < 4.78 is 9.20. The standard InChI is InChI=1S/C25H30N8O2/c1-16-18(12-32-14-20(15-32)35-23(34)25(2,3)4)13-33(30-16)22-8-9-26-24(29-22)28-19-6-7-21-17(10-19)11-27-31(21)5/h6-11,13,20H,12,14-15H2,1-5H3,(H,26,28,29). The summed E-state index contributed by atoms with van der Waals surface area (Å²) in [7, 11) is 1.92. The van der Waals surface area contributed by atoms with Gasteiger partial charge in [0.1, 0.15) is 6.10 Å².